The number of benzene rings is 2. The molecule has 2 N–H and O–H groups in total. The lowest BCUT2D eigenvalue weighted by atomic mass is 10.1. The number of carbonyl (C=O) groups is 2. The Balaban J connectivity index is 1.61. The van der Waals surface area contributed by atoms with Crippen molar-refractivity contribution in [1.82, 2.24) is 0 Å². The molecule has 1 aliphatic heterocycles. The first kappa shape index (κ1) is 18.7. The summed E-state index contributed by atoms with van der Waals surface area (Å²) in [6.07, 6.45) is 0.885. The van der Waals surface area contributed by atoms with E-state index in [-0.39, 0.29) is 18.2 Å². The molecule has 0 radical (unpaired) electrons. The molecule has 2 aromatic carbocycles. The van der Waals surface area contributed by atoms with Gasteiger partial charge < -0.3 is 10.1 Å². The summed E-state index contributed by atoms with van der Waals surface area (Å²) >= 11 is 12.1. The maximum absolute atomic E-state index is 12.6. The zero-order valence-electron chi connectivity index (χ0n) is 14.2. The Hall–Kier alpha value is -2.08. The van der Waals surface area contributed by atoms with E-state index in [1.54, 1.807) is 43.5 Å². The third-order valence-corrected chi connectivity index (χ3v) is 4.98. The maximum atomic E-state index is 12.6. The molecule has 136 valence electrons. The third-order valence-electron chi connectivity index (χ3n) is 4.39. The molecule has 2 amide bonds. The van der Waals surface area contributed by atoms with Crippen molar-refractivity contribution in [3.8, 4) is 5.75 Å². The predicted octanol–water partition coefficient (Wildman–Crippen LogP) is 2.44. The summed E-state index contributed by atoms with van der Waals surface area (Å²) < 4.78 is 5.11. The van der Waals surface area contributed by atoms with Crippen LogP contribution in [0.4, 0.5) is 5.69 Å². The summed E-state index contributed by atoms with van der Waals surface area (Å²) in [5.41, 5.74) is 1.54. The van der Waals surface area contributed by atoms with Crippen molar-refractivity contribution in [2.75, 3.05) is 18.6 Å². The van der Waals surface area contributed by atoms with Crippen molar-refractivity contribution in [3.63, 3.8) is 0 Å². The van der Waals surface area contributed by atoms with E-state index in [4.69, 9.17) is 27.9 Å². The van der Waals surface area contributed by atoms with E-state index in [2.05, 4.69) is 0 Å². The normalized spacial score (nSPS) is 17.0. The second-order valence-corrected chi connectivity index (χ2v) is 6.93. The number of methoxy groups -OCH3 is 1. The second kappa shape index (κ2) is 8.08. The van der Waals surface area contributed by atoms with E-state index in [0.717, 1.165) is 5.56 Å². The van der Waals surface area contributed by atoms with Crippen molar-refractivity contribution in [2.24, 2.45) is 0 Å². The molecule has 0 aliphatic carbocycles. The van der Waals surface area contributed by atoms with Gasteiger partial charge in [-0.2, -0.15) is 0 Å². The van der Waals surface area contributed by atoms with E-state index in [9.17, 15) is 9.59 Å². The molecule has 26 heavy (non-hydrogen) atoms. The van der Waals surface area contributed by atoms with Gasteiger partial charge in [-0.05, 0) is 42.0 Å². The van der Waals surface area contributed by atoms with Gasteiger partial charge in [0.1, 0.15) is 5.75 Å². The number of amides is 2. The first-order valence-corrected chi connectivity index (χ1v) is 9.03. The van der Waals surface area contributed by atoms with E-state index in [1.165, 1.54) is 4.90 Å². The highest BCUT2D eigenvalue weighted by atomic mass is 35.5. The van der Waals surface area contributed by atoms with Crippen LogP contribution in [0.25, 0.3) is 0 Å². The van der Waals surface area contributed by atoms with Crippen LogP contribution in [0.5, 0.6) is 5.75 Å². The van der Waals surface area contributed by atoms with Gasteiger partial charge in [0.15, 0.2) is 6.04 Å². The molecule has 1 heterocycles. The van der Waals surface area contributed by atoms with Gasteiger partial charge in [-0.25, -0.2) is 4.90 Å². The van der Waals surface area contributed by atoms with Gasteiger partial charge in [-0.15, -0.1) is 0 Å². The molecule has 2 aromatic rings. The van der Waals surface area contributed by atoms with Crippen LogP contribution >= 0.6 is 23.2 Å². The van der Waals surface area contributed by atoms with Crippen LogP contribution in [0, 0.1) is 0 Å². The summed E-state index contributed by atoms with van der Waals surface area (Å²) in [6.45, 7) is 0.654. The summed E-state index contributed by atoms with van der Waals surface area (Å²) in [6, 6.07) is 11.9. The third kappa shape index (κ3) is 4.01. The maximum Gasteiger partial charge on any atom is 0.292 e. The number of hydrogen-bond donors (Lipinski definition) is 1. The summed E-state index contributed by atoms with van der Waals surface area (Å²) in [4.78, 5) is 26.2. The molecule has 1 aliphatic rings. The summed E-state index contributed by atoms with van der Waals surface area (Å²) in [5, 5.41) is 3.10. The van der Waals surface area contributed by atoms with E-state index in [0.29, 0.717) is 34.4 Å². The molecular formula is C19H19Cl2N2O3+. The standard InChI is InChI=1S/C19H18Cl2N2O3/c1-26-15-6-4-14(5-7-15)23-18(24)11-17(19(23)25)22-9-8-12-2-3-13(20)10-16(12)21/h2-7,10,17,22H,8-9,11H2,1H3/p+1/t17-/m1/s1. The van der Waals surface area contributed by atoms with Crippen LogP contribution in [0.15, 0.2) is 42.5 Å². The monoisotopic (exact) mass is 393 g/mol. The van der Waals surface area contributed by atoms with E-state index < -0.39 is 6.04 Å². The number of nitrogens with zero attached hydrogens (tertiary/aromatic N) is 1. The first-order valence-electron chi connectivity index (χ1n) is 8.27. The molecule has 1 atom stereocenters. The number of nitrogens with two attached hydrogens (primary N) is 1. The molecule has 1 fully saturated rings. The van der Waals surface area contributed by atoms with E-state index >= 15 is 0 Å². The minimum atomic E-state index is -0.407. The molecule has 0 saturated carbocycles. The number of anilines is 1. The average Bonchev–Trinajstić information content (AvgIpc) is 2.91. The lowest BCUT2D eigenvalue weighted by molar-refractivity contribution is -0.674. The van der Waals surface area contributed by atoms with E-state index in [1.807, 2.05) is 11.4 Å². The van der Waals surface area contributed by atoms with Crippen LogP contribution in [-0.4, -0.2) is 31.5 Å². The van der Waals surface area contributed by atoms with Crippen molar-refractivity contribution in [2.45, 2.75) is 18.9 Å². The Morgan fingerprint density at radius 1 is 1.15 bits per heavy atom. The Kier molecular flexibility index (Phi) is 5.81. The number of hydrogen-bond acceptors (Lipinski definition) is 3. The highest BCUT2D eigenvalue weighted by Crippen LogP contribution is 2.24. The number of halogens is 2. The summed E-state index contributed by atoms with van der Waals surface area (Å²) in [7, 11) is 1.57. The molecule has 0 spiro atoms. The fraction of sp³-hybridized carbons (Fsp3) is 0.263. The highest BCUT2D eigenvalue weighted by molar-refractivity contribution is 6.35. The van der Waals surface area contributed by atoms with Gasteiger partial charge in [0, 0.05) is 16.5 Å². The van der Waals surface area contributed by atoms with Crippen molar-refractivity contribution in [1.29, 1.82) is 0 Å². The van der Waals surface area contributed by atoms with Crippen LogP contribution in [0.3, 0.4) is 0 Å². The average molecular weight is 394 g/mol. The smallest absolute Gasteiger partial charge is 0.292 e. The minimum Gasteiger partial charge on any atom is -0.497 e. The zero-order chi connectivity index (χ0) is 18.7. The Morgan fingerprint density at radius 2 is 1.88 bits per heavy atom. The first-order chi connectivity index (χ1) is 12.5. The van der Waals surface area contributed by atoms with Crippen molar-refractivity contribution < 1.29 is 19.6 Å². The molecule has 7 heteroatoms. The molecular weight excluding hydrogens is 375 g/mol. The Morgan fingerprint density at radius 3 is 2.54 bits per heavy atom. The molecule has 0 aromatic heterocycles. The number of carbonyl (C=O) groups excluding carboxylic acids is 2. The molecule has 0 bridgehead atoms. The lowest BCUT2D eigenvalue weighted by Crippen LogP contribution is -2.92. The van der Waals surface area contributed by atoms with Crippen molar-refractivity contribution in [3.05, 3.63) is 58.1 Å². The van der Waals surface area contributed by atoms with Gasteiger partial charge >= 0.3 is 0 Å². The number of quaternary nitrogens is 1. The molecule has 0 unspecified atom stereocenters. The predicted molar refractivity (Wildman–Crippen MR) is 101 cm³/mol. The second-order valence-electron chi connectivity index (χ2n) is 6.09. The molecule has 3 rings (SSSR count). The quantitative estimate of drug-likeness (QED) is 0.766. The van der Waals surface area contributed by atoms with Gasteiger partial charge in [-0.3, -0.25) is 9.59 Å². The van der Waals surface area contributed by atoms with Crippen LogP contribution < -0.4 is 15.0 Å². The van der Waals surface area contributed by atoms with Crippen LogP contribution in [0.2, 0.25) is 10.0 Å². The molecule has 5 nitrogen and oxygen atoms in total. The fourth-order valence-corrected chi connectivity index (χ4v) is 3.51. The fourth-order valence-electron chi connectivity index (χ4n) is 3.01. The topological polar surface area (TPSA) is 63.2 Å². The zero-order valence-corrected chi connectivity index (χ0v) is 15.8. The Bertz CT molecular complexity index is 824. The lowest BCUT2D eigenvalue weighted by Gasteiger charge is -2.14. The van der Waals surface area contributed by atoms with Gasteiger partial charge in [0.2, 0.25) is 5.91 Å². The highest BCUT2D eigenvalue weighted by Gasteiger charge is 2.42. The largest absolute Gasteiger partial charge is 0.497 e. The van der Waals surface area contributed by atoms with Crippen LogP contribution in [0.1, 0.15) is 12.0 Å². The van der Waals surface area contributed by atoms with Gasteiger partial charge in [0.25, 0.3) is 5.91 Å². The van der Waals surface area contributed by atoms with Gasteiger partial charge in [0.05, 0.1) is 25.8 Å². The number of rotatable bonds is 6. The number of ether oxygens (including phenoxy) is 1. The summed E-state index contributed by atoms with van der Waals surface area (Å²) in [5.74, 6) is 0.295. The molecule has 1 saturated heterocycles. The Labute approximate surface area is 161 Å². The minimum absolute atomic E-state index is 0.189. The SMILES string of the molecule is COc1ccc(N2C(=O)C[C@@H]([NH2+]CCc3ccc(Cl)cc3Cl)C2=O)cc1. The number of imide groups is 1. The van der Waals surface area contributed by atoms with Gasteiger partial charge in [-0.1, -0.05) is 29.3 Å². The van der Waals surface area contributed by atoms with Crippen LogP contribution in [-0.2, 0) is 16.0 Å². The van der Waals surface area contributed by atoms with Crippen molar-refractivity contribution >= 4 is 40.7 Å².